The van der Waals surface area contributed by atoms with Crippen molar-refractivity contribution in [2.45, 2.75) is 19.4 Å². The summed E-state index contributed by atoms with van der Waals surface area (Å²) in [4.78, 5) is 7.90. The van der Waals surface area contributed by atoms with Gasteiger partial charge in [-0.05, 0) is 43.7 Å². The molecule has 0 saturated heterocycles. The zero-order chi connectivity index (χ0) is 20.6. The number of aliphatic imine (C=N–C) groups is 1. The first kappa shape index (κ1) is 19.2. The zero-order valence-corrected chi connectivity index (χ0v) is 17.0. The minimum absolute atomic E-state index is 0.0598. The van der Waals surface area contributed by atoms with Gasteiger partial charge in [0.1, 0.15) is 0 Å². The quantitative estimate of drug-likeness (QED) is 0.371. The van der Waals surface area contributed by atoms with Crippen LogP contribution in [-0.4, -0.2) is 15.8 Å². The van der Waals surface area contributed by atoms with E-state index in [1.165, 1.54) is 0 Å². The SMILES string of the molecule is CC(C)(N)c1ccc(N=C(c2ccccc2)c2c(O)[nH]c3cc(Cl)ccc23)cc1. The van der Waals surface area contributed by atoms with Gasteiger partial charge in [-0.15, -0.1) is 0 Å². The van der Waals surface area contributed by atoms with E-state index in [4.69, 9.17) is 22.3 Å². The Bertz CT molecular complexity index is 1190. The van der Waals surface area contributed by atoms with E-state index in [1.807, 2.05) is 74.5 Å². The second kappa shape index (κ2) is 7.39. The topological polar surface area (TPSA) is 74.4 Å². The fraction of sp³-hybridized carbons (Fsp3) is 0.125. The number of fused-ring (bicyclic) bond motifs is 1. The van der Waals surface area contributed by atoms with E-state index < -0.39 is 5.54 Å². The van der Waals surface area contributed by atoms with Crippen molar-refractivity contribution in [3.05, 3.63) is 94.5 Å². The lowest BCUT2D eigenvalue weighted by atomic mass is 9.95. The van der Waals surface area contributed by atoms with Crippen molar-refractivity contribution in [1.82, 2.24) is 4.98 Å². The highest BCUT2D eigenvalue weighted by molar-refractivity contribution is 6.31. The average Bonchev–Trinajstić information content (AvgIpc) is 3.01. The Morgan fingerprint density at radius 3 is 2.34 bits per heavy atom. The lowest BCUT2D eigenvalue weighted by Crippen LogP contribution is -2.28. The molecule has 0 fully saturated rings. The first-order valence-corrected chi connectivity index (χ1v) is 9.75. The van der Waals surface area contributed by atoms with Crippen LogP contribution in [-0.2, 0) is 5.54 Å². The molecule has 0 aliphatic carbocycles. The van der Waals surface area contributed by atoms with Gasteiger partial charge >= 0.3 is 0 Å². The van der Waals surface area contributed by atoms with Crippen LogP contribution in [0.25, 0.3) is 10.9 Å². The van der Waals surface area contributed by atoms with Crippen LogP contribution in [0.2, 0.25) is 5.02 Å². The number of benzene rings is 3. The van der Waals surface area contributed by atoms with E-state index in [9.17, 15) is 5.11 Å². The summed E-state index contributed by atoms with van der Waals surface area (Å²) in [7, 11) is 0. The largest absolute Gasteiger partial charge is 0.494 e. The third-order valence-corrected chi connectivity index (χ3v) is 5.11. The molecule has 0 aliphatic heterocycles. The highest BCUT2D eigenvalue weighted by Crippen LogP contribution is 2.33. The molecule has 0 saturated carbocycles. The summed E-state index contributed by atoms with van der Waals surface area (Å²) in [6.45, 7) is 3.94. The maximum atomic E-state index is 10.7. The van der Waals surface area contributed by atoms with Gasteiger partial charge in [0, 0.05) is 21.5 Å². The van der Waals surface area contributed by atoms with Crippen molar-refractivity contribution in [1.29, 1.82) is 0 Å². The molecule has 146 valence electrons. The number of nitrogens with zero attached hydrogens (tertiary/aromatic N) is 1. The summed E-state index contributed by atoms with van der Waals surface area (Å²) in [5.41, 5.74) is 10.6. The number of nitrogens with two attached hydrogens (primary N) is 1. The molecule has 4 nitrogen and oxygen atoms in total. The number of H-pyrrole nitrogens is 1. The summed E-state index contributed by atoms with van der Waals surface area (Å²) >= 11 is 6.12. The van der Waals surface area contributed by atoms with Gasteiger partial charge in [0.15, 0.2) is 5.88 Å². The fourth-order valence-electron chi connectivity index (χ4n) is 3.35. The van der Waals surface area contributed by atoms with Crippen LogP contribution in [0.5, 0.6) is 5.88 Å². The second-order valence-corrected chi connectivity index (χ2v) is 8.07. The Kier molecular flexibility index (Phi) is 4.91. The molecule has 4 N–H and O–H groups in total. The van der Waals surface area contributed by atoms with Gasteiger partial charge in [-0.3, -0.25) is 0 Å². The average molecular weight is 404 g/mol. The Balaban J connectivity index is 1.90. The lowest BCUT2D eigenvalue weighted by Gasteiger charge is -2.19. The van der Waals surface area contributed by atoms with Gasteiger partial charge in [-0.1, -0.05) is 60.1 Å². The van der Waals surface area contributed by atoms with Crippen molar-refractivity contribution < 1.29 is 5.11 Å². The molecule has 0 atom stereocenters. The van der Waals surface area contributed by atoms with E-state index in [1.54, 1.807) is 12.1 Å². The third kappa shape index (κ3) is 3.90. The molecule has 4 aromatic rings. The predicted molar refractivity (Wildman–Crippen MR) is 120 cm³/mol. The van der Waals surface area contributed by atoms with E-state index >= 15 is 0 Å². The Morgan fingerprint density at radius 1 is 1.00 bits per heavy atom. The zero-order valence-electron chi connectivity index (χ0n) is 16.3. The van der Waals surface area contributed by atoms with Gasteiger partial charge in [-0.25, -0.2) is 4.99 Å². The normalized spacial score (nSPS) is 12.5. The maximum absolute atomic E-state index is 10.7. The van der Waals surface area contributed by atoms with Crippen LogP contribution in [0.4, 0.5) is 5.69 Å². The third-order valence-electron chi connectivity index (χ3n) is 4.88. The maximum Gasteiger partial charge on any atom is 0.199 e. The molecule has 29 heavy (non-hydrogen) atoms. The first-order valence-electron chi connectivity index (χ1n) is 9.37. The molecular formula is C24H22ClN3O. The van der Waals surface area contributed by atoms with Gasteiger partial charge < -0.3 is 15.8 Å². The smallest absolute Gasteiger partial charge is 0.199 e. The van der Waals surface area contributed by atoms with Crippen molar-refractivity contribution >= 4 is 33.9 Å². The van der Waals surface area contributed by atoms with Crippen LogP contribution in [0.3, 0.4) is 0 Å². The Labute approximate surface area is 174 Å². The van der Waals surface area contributed by atoms with Crippen LogP contribution in [0.1, 0.15) is 30.5 Å². The van der Waals surface area contributed by atoms with Gasteiger partial charge in [0.2, 0.25) is 0 Å². The van der Waals surface area contributed by atoms with Crippen LogP contribution >= 0.6 is 11.6 Å². The van der Waals surface area contributed by atoms with E-state index in [0.29, 0.717) is 16.3 Å². The second-order valence-electron chi connectivity index (χ2n) is 7.63. The van der Waals surface area contributed by atoms with Crippen molar-refractivity contribution in [2.75, 3.05) is 0 Å². The number of aromatic hydroxyl groups is 1. The summed E-state index contributed by atoms with van der Waals surface area (Å²) in [6, 6.07) is 23.1. The highest BCUT2D eigenvalue weighted by atomic mass is 35.5. The van der Waals surface area contributed by atoms with Gasteiger partial charge in [0.05, 0.1) is 22.5 Å². The molecular weight excluding hydrogens is 382 g/mol. The molecule has 0 unspecified atom stereocenters. The predicted octanol–water partition coefficient (Wildman–Crippen LogP) is 5.89. The molecule has 0 aliphatic rings. The van der Waals surface area contributed by atoms with E-state index in [0.717, 1.165) is 27.7 Å². The number of hydrogen-bond acceptors (Lipinski definition) is 3. The highest BCUT2D eigenvalue weighted by Gasteiger charge is 2.19. The Morgan fingerprint density at radius 2 is 1.69 bits per heavy atom. The molecule has 1 heterocycles. The molecule has 4 rings (SSSR count). The number of aromatic nitrogens is 1. The number of halogens is 1. The number of hydrogen-bond donors (Lipinski definition) is 3. The van der Waals surface area contributed by atoms with E-state index in [2.05, 4.69) is 4.98 Å². The molecule has 0 spiro atoms. The number of aromatic amines is 1. The fourth-order valence-corrected chi connectivity index (χ4v) is 3.52. The molecule has 3 aromatic carbocycles. The minimum Gasteiger partial charge on any atom is -0.494 e. The van der Waals surface area contributed by atoms with Gasteiger partial charge in [0.25, 0.3) is 0 Å². The summed E-state index contributed by atoms with van der Waals surface area (Å²) in [6.07, 6.45) is 0. The summed E-state index contributed by atoms with van der Waals surface area (Å²) in [5.74, 6) is 0.0598. The lowest BCUT2D eigenvalue weighted by molar-refractivity contribution is 0.457. The van der Waals surface area contributed by atoms with Crippen LogP contribution < -0.4 is 5.73 Å². The van der Waals surface area contributed by atoms with Crippen LogP contribution in [0.15, 0.2) is 77.8 Å². The molecule has 0 amide bonds. The van der Waals surface area contributed by atoms with Gasteiger partial charge in [-0.2, -0.15) is 0 Å². The number of nitrogens with one attached hydrogen (secondary N) is 1. The molecule has 0 radical (unpaired) electrons. The molecule has 1 aromatic heterocycles. The molecule has 0 bridgehead atoms. The Hall–Kier alpha value is -3.08. The summed E-state index contributed by atoms with van der Waals surface area (Å²) < 4.78 is 0. The van der Waals surface area contributed by atoms with Crippen molar-refractivity contribution in [2.24, 2.45) is 10.7 Å². The number of rotatable bonds is 4. The van der Waals surface area contributed by atoms with E-state index in [-0.39, 0.29) is 5.88 Å². The van der Waals surface area contributed by atoms with Crippen molar-refractivity contribution in [3.63, 3.8) is 0 Å². The first-order chi connectivity index (χ1) is 13.8. The molecule has 5 heteroatoms. The monoisotopic (exact) mass is 403 g/mol. The van der Waals surface area contributed by atoms with Crippen molar-refractivity contribution in [3.8, 4) is 5.88 Å². The summed E-state index contributed by atoms with van der Waals surface area (Å²) in [5, 5.41) is 12.1. The standard InChI is InChI=1S/C24H22ClN3O/c1-24(2,26)16-8-11-18(12-9-16)27-22(15-6-4-3-5-7-15)21-19-13-10-17(25)14-20(19)28-23(21)29/h3-14,28-29H,26H2,1-2H3. The van der Waals surface area contributed by atoms with Crippen LogP contribution in [0, 0.1) is 0 Å². The minimum atomic E-state index is -0.418.